The number of benzene rings is 1. The number of carbonyl (C=O) groups is 3. The highest BCUT2D eigenvalue weighted by Gasteiger charge is 2.23. The van der Waals surface area contributed by atoms with Crippen molar-refractivity contribution in [3.63, 3.8) is 0 Å². The minimum atomic E-state index is -1.01. The first kappa shape index (κ1) is 17.5. The summed E-state index contributed by atoms with van der Waals surface area (Å²) >= 11 is 0. The fourth-order valence-corrected chi connectivity index (χ4v) is 1.68. The SMILES string of the molecule is COc1ccccc1NC(=O)[C@@H](C)OC(=O)[C@H](C)NC(C)=O. The Bertz CT molecular complexity index is 559. The van der Waals surface area contributed by atoms with Crippen molar-refractivity contribution in [2.45, 2.75) is 32.9 Å². The fourth-order valence-electron chi connectivity index (χ4n) is 1.68. The van der Waals surface area contributed by atoms with Crippen LogP contribution in [-0.4, -0.2) is 37.0 Å². The normalized spacial score (nSPS) is 12.7. The number of methoxy groups -OCH3 is 1. The third kappa shape index (κ3) is 5.08. The molecule has 22 heavy (non-hydrogen) atoms. The van der Waals surface area contributed by atoms with Crippen LogP contribution in [0.15, 0.2) is 24.3 Å². The molecule has 1 aromatic rings. The van der Waals surface area contributed by atoms with Gasteiger partial charge in [0.15, 0.2) is 6.10 Å². The van der Waals surface area contributed by atoms with E-state index in [0.29, 0.717) is 11.4 Å². The van der Waals surface area contributed by atoms with Crippen molar-refractivity contribution in [1.29, 1.82) is 0 Å². The second-order valence-corrected chi connectivity index (χ2v) is 4.69. The summed E-state index contributed by atoms with van der Waals surface area (Å²) in [6.45, 7) is 4.22. The summed E-state index contributed by atoms with van der Waals surface area (Å²) in [6.07, 6.45) is -1.01. The van der Waals surface area contributed by atoms with Gasteiger partial charge in [0.05, 0.1) is 12.8 Å². The summed E-state index contributed by atoms with van der Waals surface area (Å²) in [4.78, 5) is 34.6. The van der Waals surface area contributed by atoms with Gasteiger partial charge < -0.3 is 20.1 Å². The van der Waals surface area contributed by atoms with Gasteiger partial charge in [0.1, 0.15) is 11.8 Å². The molecule has 0 heterocycles. The molecule has 2 N–H and O–H groups in total. The highest BCUT2D eigenvalue weighted by Crippen LogP contribution is 2.23. The van der Waals surface area contributed by atoms with E-state index in [1.807, 2.05) is 0 Å². The van der Waals surface area contributed by atoms with Gasteiger partial charge in [-0.3, -0.25) is 9.59 Å². The van der Waals surface area contributed by atoms with E-state index in [4.69, 9.17) is 9.47 Å². The number of rotatable bonds is 6. The van der Waals surface area contributed by atoms with Crippen LogP contribution in [0.3, 0.4) is 0 Å². The zero-order chi connectivity index (χ0) is 16.7. The topological polar surface area (TPSA) is 93.7 Å². The molecular weight excluding hydrogens is 288 g/mol. The van der Waals surface area contributed by atoms with Gasteiger partial charge >= 0.3 is 5.97 Å². The molecule has 7 heteroatoms. The maximum atomic E-state index is 12.0. The Labute approximate surface area is 129 Å². The second-order valence-electron chi connectivity index (χ2n) is 4.69. The molecule has 2 amide bonds. The predicted octanol–water partition coefficient (Wildman–Crippen LogP) is 1.09. The average molecular weight is 308 g/mol. The van der Waals surface area contributed by atoms with E-state index in [2.05, 4.69) is 10.6 Å². The van der Waals surface area contributed by atoms with E-state index in [9.17, 15) is 14.4 Å². The quantitative estimate of drug-likeness (QED) is 0.767. The third-order valence-electron chi connectivity index (χ3n) is 2.80. The lowest BCUT2D eigenvalue weighted by atomic mass is 10.2. The van der Waals surface area contributed by atoms with E-state index in [0.717, 1.165) is 0 Å². The standard InChI is InChI=1S/C15H20N2O5/c1-9(16-11(3)18)15(20)22-10(2)14(19)17-12-7-5-6-8-13(12)21-4/h5-10H,1-4H3,(H,16,18)(H,17,19)/t9-,10+/m0/s1. The molecular formula is C15H20N2O5. The molecule has 0 fully saturated rings. The van der Waals surface area contributed by atoms with Gasteiger partial charge in [0.25, 0.3) is 5.91 Å². The Morgan fingerprint density at radius 2 is 1.77 bits per heavy atom. The summed E-state index contributed by atoms with van der Waals surface area (Å²) in [5.74, 6) is -1.03. The lowest BCUT2D eigenvalue weighted by molar-refractivity contribution is -0.155. The van der Waals surface area contributed by atoms with Gasteiger partial charge in [-0.05, 0) is 26.0 Å². The van der Waals surface area contributed by atoms with Crippen LogP contribution in [0.1, 0.15) is 20.8 Å². The van der Waals surface area contributed by atoms with Gasteiger partial charge in [0, 0.05) is 6.92 Å². The number of anilines is 1. The number of esters is 1. The minimum absolute atomic E-state index is 0.351. The van der Waals surface area contributed by atoms with Crippen LogP contribution in [0.5, 0.6) is 5.75 Å². The molecule has 0 radical (unpaired) electrons. The Morgan fingerprint density at radius 1 is 1.14 bits per heavy atom. The zero-order valence-corrected chi connectivity index (χ0v) is 13.0. The van der Waals surface area contributed by atoms with Crippen molar-refractivity contribution >= 4 is 23.5 Å². The maximum absolute atomic E-state index is 12.0. The molecule has 0 saturated heterocycles. The summed E-state index contributed by atoms with van der Waals surface area (Å²) < 4.78 is 10.1. The highest BCUT2D eigenvalue weighted by atomic mass is 16.5. The lowest BCUT2D eigenvalue weighted by Gasteiger charge is -2.17. The van der Waals surface area contributed by atoms with Crippen molar-refractivity contribution < 1.29 is 23.9 Å². The molecule has 120 valence electrons. The van der Waals surface area contributed by atoms with E-state index in [1.165, 1.54) is 27.9 Å². The number of ether oxygens (including phenoxy) is 2. The van der Waals surface area contributed by atoms with E-state index in [-0.39, 0.29) is 5.91 Å². The van der Waals surface area contributed by atoms with Gasteiger partial charge in [-0.1, -0.05) is 12.1 Å². The van der Waals surface area contributed by atoms with Crippen molar-refractivity contribution in [2.24, 2.45) is 0 Å². The van der Waals surface area contributed by atoms with E-state index >= 15 is 0 Å². The first-order valence-corrected chi connectivity index (χ1v) is 6.76. The molecule has 0 aromatic heterocycles. The van der Waals surface area contributed by atoms with Crippen LogP contribution in [0.25, 0.3) is 0 Å². The van der Waals surface area contributed by atoms with Crippen LogP contribution in [0.2, 0.25) is 0 Å². The van der Waals surface area contributed by atoms with Gasteiger partial charge in [0.2, 0.25) is 5.91 Å². The number of hydrogen-bond acceptors (Lipinski definition) is 5. The Balaban J connectivity index is 2.62. The largest absolute Gasteiger partial charge is 0.495 e. The smallest absolute Gasteiger partial charge is 0.329 e. The van der Waals surface area contributed by atoms with Crippen LogP contribution in [0.4, 0.5) is 5.69 Å². The van der Waals surface area contributed by atoms with Crippen molar-refractivity contribution in [2.75, 3.05) is 12.4 Å². The Kier molecular flexibility index (Phi) is 6.37. The summed E-state index contributed by atoms with van der Waals surface area (Å²) in [5, 5.41) is 5.01. The fraction of sp³-hybridized carbons (Fsp3) is 0.400. The van der Waals surface area contributed by atoms with Crippen LogP contribution < -0.4 is 15.4 Å². The second kappa shape index (κ2) is 8.02. The molecule has 1 aromatic carbocycles. The minimum Gasteiger partial charge on any atom is -0.495 e. The van der Waals surface area contributed by atoms with Gasteiger partial charge in [-0.25, -0.2) is 4.79 Å². The average Bonchev–Trinajstić information content (AvgIpc) is 2.46. The Hall–Kier alpha value is -2.57. The lowest BCUT2D eigenvalue weighted by Crippen LogP contribution is -2.41. The van der Waals surface area contributed by atoms with Gasteiger partial charge in [-0.2, -0.15) is 0 Å². The van der Waals surface area contributed by atoms with E-state index < -0.39 is 24.0 Å². The molecule has 0 aliphatic rings. The first-order valence-electron chi connectivity index (χ1n) is 6.76. The highest BCUT2D eigenvalue weighted by molar-refractivity contribution is 5.96. The molecule has 0 spiro atoms. The maximum Gasteiger partial charge on any atom is 0.329 e. The summed E-state index contributed by atoms with van der Waals surface area (Å²) in [7, 11) is 1.49. The molecule has 0 bridgehead atoms. The predicted molar refractivity (Wildman–Crippen MR) is 80.5 cm³/mol. The number of nitrogens with one attached hydrogen (secondary N) is 2. The van der Waals surface area contributed by atoms with E-state index in [1.54, 1.807) is 24.3 Å². The van der Waals surface area contributed by atoms with Crippen LogP contribution in [0, 0.1) is 0 Å². The molecule has 2 atom stereocenters. The van der Waals surface area contributed by atoms with Gasteiger partial charge in [-0.15, -0.1) is 0 Å². The summed E-state index contributed by atoms with van der Waals surface area (Å²) in [5.41, 5.74) is 0.479. The molecule has 1 rings (SSSR count). The number of para-hydroxylation sites is 2. The number of carbonyl (C=O) groups excluding carboxylic acids is 3. The number of hydrogen-bond donors (Lipinski definition) is 2. The monoisotopic (exact) mass is 308 g/mol. The first-order chi connectivity index (χ1) is 10.3. The van der Waals surface area contributed by atoms with Crippen molar-refractivity contribution in [1.82, 2.24) is 5.32 Å². The number of amides is 2. The van der Waals surface area contributed by atoms with Crippen molar-refractivity contribution in [3.05, 3.63) is 24.3 Å². The molecule has 0 saturated carbocycles. The third-order valence-corrected chi connectivity index (χ3v) is 2.80. The molecule has 0 aliphatic carbocycles. The molecule has 0 unspecified atom stereocenters. The summed E-state index contributed by atoms with van der Waals surface area (Å²) in [6, 6.07) is 6.07. The van der Waals surface area contributed by atoms with Crippen LogP contribution in [-0.2, 0) is 19.1 Å². The van der Waals surface area contributed by atoms with Crippen molar-refractivity contribution in [3.8, 4) is 5.75 Å². The molecule has 7 nitrogen and oxygen atoms in total. The zero-order valence-electron chi connectivity index (χ0n) is 13.0. The molecule has 0 aliphatic heterocycles. The van der Waals surface area contributed by atoms with Crippen LogP contribution >= 0.6 is 0 Å². The Morgan fingerprint density at radius 3 is 2.36 bits per heavy atom.